The number of nitriles is 1. The molecule has 3 rings (SSSR count). The lowest BCUT2D eigenvalue weighted by Gasteiger charge is -2.38. The Morgan fingerprint density at radius 3 is 2.61 bits per heavy atom. The van der Waals surface area contributed by atoms with Crippen LogP contribution in [0.3, 0.4) is 0 Å². The first-order chi connectivity index (χ1) is 13.4. The highest BCUT2D eigenvalue weighted by Crippen LogP contribution is 2.30. The van der Waals surface area contributed by atoms with Crippen molar-refractivity contribution in [3.05, 3.63) is 59.3 Å². The molecule has 0 unspecified atom stereocenters. The van der Waals surface area contributed by atoms with E-state index < -0.39 is 11.7 Å². The van der Waals surface area contributed by atoms with Crippen LogP contribution in [0.5, 0.6) is 0 Å². The Bertz CT molecular complexity index is 836. The van der Waals surface area contributed by atoms with Crippen molar-refractivity contribution in [2.45, 2.75) is 38.5 Å². The van der Waals surface area contributed by atoms with Crippen molar-refractivity contribution in [2.75, 3.05) is 24.5 Å². The van der Waals surface area contributed by atoms with Gasteiger partial charge in [-0.05, 0) is 43.5 Å². The van der Waals surface area contributed by atoms with Crippen LogP contribution in [-0.4, -0.2) is 35.6 Å². The number of pyridine rings is 1. The van der Waals surface area contributed by atoms with Gasteiger partial charge in [-0.3, -0.25) is 4.90 Å². The van der Waals surface area contributed by atoms with Gasteiger partial charge in [0.05, 0.1) is 17.2 Å². The lowest BCUT2D eigenvalue weighted by atomic mass is 10.0. The number of benzene rings is 1. The zero-order chi connectivity index (χ0) is 20.1. The minimum atomic E-state index is -4.31. The van der Waals surface area contributed by atoms with Gasteiger partial charge >= 0.3 is 6.18 Å². The molecular weight excluding hydrogens is 365 g/mol. The van der Waals surface area contributed by atoms with Gasteiger partial charge in [-0.25, -0.2) is 4.98 Å². The third-order valence-corrected chi connectivity index (χ3v) is 5.17. The van der Waals surface area contributed by atoms with E-state index in [0.29, 0.717) is 23.7 Å². The molecule has 0 radical (unpaired) electrons. The number of anilines is 1. The third-order valence-electron chi connectivity index (χ3n) is 5.17. The van der Waals surface area contributed by atoms with Crippen LogP contribution in [0.1, 0.15) is 36.5 Å². The Labute approximate surface area is 163 Å². The second-order valence-corrected chi connectivity index (χ2v) is 7.01. The van der Waals surface area contributed by atoms with Crippen molar-refractivity contribution in [3.8, 4) is 6.07 Å². The molecule has 0 bridgehead atoms. The molecule has 28 heavy (non-hydrogen) atoms. The van der Waals surface area contributed by atoms with Crippen molar-refractivity contribution in [2.24, 2.45) is 0 Å². The fraction of sp³-hybridized carbons (Fsp3) is 0.429. The molecular formula is C21H23F3N4. The molecule has 4 nitrogen and oxygen atoms in total. The van der Waals surface area contributed by atoms with Crippen LogP contribution in [0.4, 0.5) is 19.0 Å². The summed E-state index contributed by atoms with van der Waals surface area (Å²) in [6.45, 7) is 5.01. The van der Waals surface area contributed by atoms with E-state index in [0.717, 1.165) is 44.4 Å². The van der Waals surface area contributed by atoms with Crippen molar-refractivity contribution < 1.29 is 13.2 Å². The van der Waals surface area contributed by atoms with E-state index in [1.165, 1.54) is 12.1 Å². The topological polar surface area (TPSA) is 43.2 Å². The summed E-state index contributed by atoms with van der Waals surface area (Å²) in [6.07, 6.45) is -0.842. The fourth-order valence-electron chi connectivity index (χ4n) is 3.75. The summed E-state index contributed by atoms with van der Waals surface area (Å²) in [5.41, 5.74) is 0.676. The zero-order valence-corrected chi connectivity index (χ0v) is 15.8. The minimum Gasteiger partial charge on any atom is -0.354 e. The van der Waals surface area contributed by atoms with Gasteiger partial charge in [0.2, 0.25) is 0 Å². The van der Waals surface area contributed by atoms with Crippen molar-refractivity contribution >= 4 is 5.82 Å². The number of piperidine rings is 1. The maximum atomic E-state index is 12.9. The highest BCUT2D eigenvalue weighted by Gasteiger charge is 2.31. The Morgan fingerprint density at radius 2 is 1.96 bits per heavy atom. The Kier molecular flexibility index (Phi) is 6.20. The molecule has 0 aliphatic carbocycles. The zero-order valence-electron chi connectivity index (χ0n) is 15.8. The summed E-state index contributed by atoms with van der Waals surface area (Å²) in [4.78, 5) is 8.81. The molecule has 2 aromatic rings. The smallest absolute Gasteiger partial charge is 0.354 e. The number of alkyl halides is 3. The molecule has 1 aliphatic heterocycles. The first-order valence-corrected chi connectivity index (χ1v) is 9.42. The fourth-order valence-corrected chi connectivity index (χ4v) is 3.75. The molecule has 1 aromatic carbocycles. The summed E-state index contributed by atoms with van der Waals surface area (Å²) in [7, 11) is 0. The largest absolute Gasteiger partial charge is 0.416 e. The molecule has 1 fully saturated rings. The van der Waals surface area contributed by atoms with E-state index in [1.54, 1.807) is 24.4 Å². The molecule has 7 heteroatoms. The molecule has 0 N–H and O–H groups in total. The Hall–Kier alpha value is -2.59. The average Bonchev–Trinajstić information content (AvgIpc) is 2.70. The van der Waals surface area contributed by atoms with Gasteiger partial charge in [0.15, 0.2) is 0 Å². The summed E-state index contributed by atoms with van der Waals surface area (Å²) in [5.74, 6) is 0.804. The van der Waals surface area contributed by atoms with E-state index in [1.807, 2.05) is 0 Å². The van der Waals surface area contributed by atoms with Crippen LogP contribution in [0.25, 0.3) is 0 Å². The van der Waals surface area contributed by atoms with Gasteiger partial charge in [-0.1, -0.05) is 18.2 Å². The number of halogens is 3. The number of aromatic nitrogens is 1. The van der Waals surface area contributed by atoms with Gasteiger partial charge in [-0.15, -0.1) is 0 Å². The number of rotatable bonds is 5. The maximum absolute atomic E-state index is 12.9. The minimum absolute atomic E-state index is 0.309. The first kappa shape index (κ1) is 20.2. The summed E-state index contributed by atoms with van der Waals surface area (Å²) >= 11 is 0. The molecule has 0 saturated carbocycles. The average molecular weight is 388 g/mol. The number of nitrogens with zero attached hydrogens (tertiary/aromatic N) is 4. The number of likely N-dealkylation sites (tertiary alicyclic amines) is 1. The van der Waals surface area contributed by atoms with Crippen molar-refractivity contribution in [1.29, 1.82) is 5.26 Å². The first-order valence-electron chi connectivity index (χ1n) is 9.42. The van der Waals surface area contributed by atoms with Gasteiger partial charge in [-0.2, -0.15) is 18.4 Å². The van der Waals surface area contributed by atoms with E-state index in [-0.39, 0.29) is 0 Å². The summed E-state index contributed by atoms with van der Waals surface area (Å²) in [6, 6.07) is 11.5. The standard InChI is InChI=1S/C21H23F3N4/c1-2-28(20-13-16(14-25)6-9-26-20)19-7-10-27(11-8-19)15-17-4-3-5-18(12-17)21(22,23)24/h3-6,9,12-13,19H,2,7-8,10-11,15H2,1H3. The summed E-state index contributed by atoms with van der Waals surface area (Å²) < 4.78 is 38.7. The Balaban J connectivity index is 1.61. The summed E-state index contributed by atoms with van der Waals surface area (Å²) in [5, 5.41) is 9.10. The second kappa shape index (κ2) is 8.61. The van der Waals surface area contributed by atoms with Gasteiger partial charge in [0.25, 0.3) is 0 Å². The molecule has 1 saturated heterocycles. The predicted molar refractivity (Wildman–Crippen MR) is 102 cm³/mol. The normalized spacial score (nSPS) is 16.0. The lowest BCUT2D eigenvalue weighted by Crippen LogP contribution is -2.45. The molecule has 148 valence electrons. The van der Waals surface area contributed by atoms with Gasteiger partial charge in [0.1, 0.15) is 5.82 Å². The van der Waals surface area contributed by atoms with Crippen LogP contribution in [0.2, 0.25) is 0 Å². The van der Waals surface area contributed by atoms with Crippen LogP contribution in [0.15, 0.2) is 42.6 Å². The predicted octanol–water partition coefficient (Wildman–Crippen LogP) is 4.46. The van der Waals surface area contributed by atoms with Crippen LogP contribution in [0, 0.1) is 11.3 Å². The van der Waals surface area contributed by atoms with Crippen LogP contribution < -0.4 is 4.90 Å². The third kappa shape index (κ3) is 4.82. The van der Waals surface area contributed by atoms with Gasteiger partial charge < -0.3 is 4.90 Å². The molecule has 0 amide bonds. The molecule has 1 aliphatic rings. The van der Waals surface area contributed by atoms with Crippen molar-refractivity contribution in [3.63, 3.8) is 0 Å². The number of hydrogen-bond donors (Lipinski definition) is 0. The Morgan fingerprint density at radius 1 is 1.21 bits per heavy atom. The van der Waals surface area contributed by atoms with Crippen LogP contribution in [-0.2, 0) is 12.7 Å². The highest BCUT2D eigenvalue weighted by atomic mass is 19.4. The lowest BCUT2D eigenvalue weighted by molar-refractivity contribution is -0.137. The maximum Gasteiger partial charge on any atom is 0.416 e. The molecule has 0 atom stereocenters. The molecule has 2 heterocycles. The molecule has 0 spiro atoms. The highest BCUT2D eigenvalue weighted by molar-refractivity contribution is 5.45. The molecule has 1 aromatic heterocycles. The van der Waals surface area contributed by atoms with Crippen LogP contribution >= 0.6 is 0 Å². The van der Waals surface area contributed by atoms with E-state index >= 15 is 0 Å². The van der Waals surface area contributed by atoms with E-state index in [9.17, 15) is 13.2 Å². The van der Waals surface area contributed by atoms with E-state index in [4.69, 9.17) is 5.26 Å². The SMILES string of the molecule is CCN(c1cc(C#N)ccn1)C1CCN(Cc2cccc(C(F)(F)F)c2)CC1. The van der Waals surface area contributed by atoms with Gasteiger partial charge in [0, 0.05) is 38.4 Å². The monoisotopic (exact) mass is 388 g/mol. The number of hydrogen-bond acceptors (Lipinski definition) is 4. The van der Waals surface area contributed by atoms with E-state index in [2.05, 4.69) is 27.8 Å². The second-order valence-electron chi connectivity index (χ2n) is 7.01. The van der Waals surface area contributed by atoms with Crippen molar-refractivity contribution in [1.82, 2.24) is 9.88 Å². The quantitative estimate of drug-likeness (QED) is 0.758.